The van der Waals surface area contributed by atoms with Crippen molar-refractivity contribution in [1.82, 2.24) is 60.0 Å². The smallest absolute Gasteiger partial charge is 0.410 e. The fraction of sp³-hybridized carbons (Fsp3) is 0.621. The molecule has 0 saturated carbocycles. The van der Waals surface area contributed by atoms with Gasteiger partial charge < -0.3 is 54.7 Å². The molecule has 6 spiro atoms. The molecule has 0 bridgehead atoms. The van der Waals surface area contributed by atoms with Gasteiger partial charge in [-0.15, -0.1) is 0 Å². The van der Waals surface area contributed by atoms with E-state index in [4.69, 9.17) is 14.2 Å². The third-order valence-electron chi connectivity index (χ3n) is 24.2. The molecular formula is C95H135BBrF8N12O9. The van der Waals surface area contributed by atoms with Gasteiger partial charge in [-0.25, -0.2) is 44.7 Å². The molecule has 695 valence electrons. The first-order valence-corrected chi connectivity index (χ1v) is 44.9. The van der Waals surface area contributed by atoms with Crippen molar-refractivity contribution in [3.05, 3.63) is 179 Å². The van der Waals surface area contributed by atoms with E-state index in [0.29, 0.717) is 101 Å². The number of hydrogen-bond acceptors (Lipinski definition) is 15. The van der Waals surface area contributed by atoms with Crippen LogP contribution in [0.4, 0.5) is 44.7 Å². The van der Waals surface area contributed by atoms with Gasteiger partial charge in [-0.05, 0) is 108 Å². The quantitative estimate of drug-likeness (QED) is 0.0479. The molecule has 6 amide bonds. The molecule has 13 heterocycles. The number of ether oxygens (including phenoxy) is 3. The van der Waals surface area contributed by atoms with Crippen LogP contribution in [-0.4, -0.2) is 289 Å². The van der Waals surface area contributed by atoms with E-state index < -0.39 is 36.9 Å². The van der Waals surface area contributed by atoms with Crippen molar-refractivity contribution < 1.29 is 78.1 Å². The summed E-state index contributed by atoms with van der Waals surface area (Å²) in [7, 11) is 0. The van der Waals surface area contributed by atoms with E-state index in [-0.39, 0.29) is 93.5 Å². The maximum atomic E-state index is 12.3. The second-order valence-electron chi connectivity index (χ2n) is 38.3. The van der Waals surface area contributed by atoms with Crippen molar-refractivity contribution in [3.63, 3.8) is 0 Å². The van der Waals surface area contributed by atoms with Gasteiger partial charge in [0, 0.05) is 236 Å². The Hall–Kier alpha value is -7.78. The predicted molar refractivity (Wildman–Crippen MR) is 479 cm³/mol. The molecule has 126 heavy (non-hydrogen) atoms. The molecule has 0 aliphatic carbocycles. The minimum absolute atomic E-state index is 0. The van der Waals surface area contributed by atoms with E-state index in [9.17, 15) is 63.9 Å². The molecule has 0 aromatic heterocycles. The van der Waals surface area contributed by atoms with Crippen LogP contribution in [-0.2, 0) is 64.9 Å². The summed E-state index contributed by atoms with van der Waals surface area (Å²) >= 11 is 3.36. The van der Waals surface area contributed by atoms with Crippen LogP contribution in [0.2, 0.25) is 0 Å². The minimum Gasteiger partial charge on any atom is -0.444 e. The Morgan fingerprint density at radius 2 is 0.746 bits per heavy atom. The van der Waals surface area contributed by atoms with Gasteiger partial charge in [-0.1, -0.05) is 182 Å². The van der Waals surface area contributed by atoms with Gasteiger partial charge in [0.2, 0.25) is 30.1 Å². The lowest BCUT2D eigenvalue weighted by Crippen LogP contribution is -2.60. The molecule has 5 aromatic rings. The zero-order chi connectivity index (χ0) is 89.4. The Bertz CT molecular complexity index is 4100. The Balaban J connectivity index is 0.000000180. The maximum Gasteiger partial charge on any atom is 0.410 e. The van der Waals surface area contributed by atoms with Crippen LogP contribution in [0.5, 0.6) is 0 Å². The van der Waals surface area contributed by atoms with E-state index in [0.717, 1.165) is 141 Å². The van der Waals surface area contributed by atoms with Crippen molar-refractivity contribution in [2.45, 2.75) is 182 Å². The standard InChI is InChI=1S/C18H24N2O3.C15H18F2N2O.C15H20F2N2.C13H16N2O.C11H18N2O3.C8H14F2N2.C7H7Br.C4H8O.C3H6F2.CH4.B/c1-17(2,3)23-16(22)20-12-18(13-20)9-15(21)19(11-18)10-14-7-5-4-6-8-14;16-13(17)8-18-9-15(10-18)6-14(20)19(11-15)7-12-4-2-1-3-5-12;16-14(17)9-19-11-15(12-19)6-7-18(10-15)8-13-4-2-1-3-5-13;16-12-6-13(8-14-9-13)10-15(12)7-11-4-2-1-3-5-11;1-10(2,3)16-9(15)13-6-11(7-13)4-8(14)12-5-11;9-7(10)3-12-5-8(6-12)1-2-11-4-8;8-6-7-4-2-1-3-5-7;1-2-4-5-3-1;1-2-3(4)5;;/h4-8H,9-13H2,1-3H3;1-5,13H,6-11H2;1-5,14H,6-12H2;1-5,14H,6-10H2;4-7H2,1-3H3,(H,12,14);7,11H,1-6H2;1-5H,6H2;1-4H2;3H,2H2,1H3;1H4;. The number of carbonyl (C=O) groups is 6. The van der Waals surface area contributed by atoms with E-state index in [1.165, 1.54) is 36.5 Å². The van der Waals surface area contributed by atoms with Crippen molar-refractivity contribution in [2.75, 3.05) is 164 Å². The summed E-state index contributed by atoms with van der Waals surface area (Å²) in [5.41, 5.74) is 5.93. The average molecular weight is 1830 g/mol. The summed E-state index contributed by atoms with van der Waals surface area (Å²) in [5, 5.41) is 10.3. The van der Waals surface area contributed by atoms with Crippen LogP contribution in [0, 0.1) is 32.5 Å². The van der Waals surface area contributed by atoms with Gasteiger partial charge >= 0.3 is 12.2 Å². The zero-order valence-electron chi connectivity index (χ0n) is 74.0. The summed E-state index contributed by atoms with van der Waals surface area (Å²) < 4.78 is 110. The molecule has 0 unspecified atom stereocenters. The summed E-state index contributed by atoms with van der Waals surface area (Å²) in [6, 6.07) is 50.8. The number of carbonyl (C=O) groups excluding carboxylic acids is 6. The molecule has 3 N–H and O–H groups in total. The predicted octanol–water partition coefficient (Wildman–Crippen LogP) is 14.7. The highest BCUT2D eigenvalue weighted by molar-refractivity contribution is 9.08. The number of nitrogens with zero attached hydrogens (tertiary/aromatic N) is 9. The molecule has 13 saturated heterocycles. The second-order valence-corrected chi connectivity index (χ2v) is 38.8. The lowest BCUT2D eigenvalue weighted by atomic mass is 9.79. The molecule has 13 aliphatic rings. The first kappa shape index (κ1) is 104. The molecule has 21 nitrogen and oxygen atoms in total. The van der Waals surface area contributed by atoms with Gasteiger partial charge in [0.05, 0.1) is 19.6 Å². The van der Waals surface area contributed by atoms with Gasteiger partial charge in [0.15, 0.2) is 0 Å². The van der Waals surface area contributed by atoms with Gasteiger partial charge in [0.1, 0.15) is 11.2 Å². The summed E-state index contributed by atoms with van der Waals surface area (Å²) in [5.74, 6) is 0.720. The van der Waals surface area contributed by atoms with E-state index in [1.807, 2.05) is 169 Å². The fourth-order valence-corrected chi connectivity index (χ4v) is 18.8. The van der Waals surface area contributed by atoms with Gasteiger partial charge in [-0.2, -0.15) is 0 Å². The van der Waals surface area contributed by atoms with Crippen LogP contribution >= 0.6 is 15.9 Å². The molecule has 31 heteroatoms. The highest BCUT2D eigenvalue weighted by Crippen LogP contribution is 2.45. The Labute approximate surface area is 752 Å². The van der Waals surface area contributed by atoms with E-state index in [1.54, 1.807) is 14.7 Å². The van der Waals surface area contributed by atoms with Crippen LogP contribution < -0.4 is 16.0 Å². The lowest BCUT2D eigenvalue weighted by molar-refractivity contribution is -0.129. The molecule has 3 radical (unpaired) electrons. The number of nitrogens with one attached hydrogen (secondary N) is 3. The van der Waals surface area contributed by atoms with E-state index in [2.05, 4.69) is 85.3 Å². The Kier molecular flexibility index (Phi) is 39.2. The second kappa shape index (κ2) is 47.7. The average Bonchev–Trinajstić information content (AvgIpc) is 1.56. The van der Waals surface area contributed by atoms with Crippen molar-refractivity contribution in [1.29, 1.82) is 0 Å². The normalized spacial score (nSPS) is 20.9. The lowest BCUT2D eigenvalue weighted by Gasteiger charge is -2.48. The molecule has 0 atom stereocenters. The zero-order valence-corrected chi connectivity index (χ0v) is 75.6. The van der Waals surface area contributed by atoms with E-state index >= 15 is 0 Å². The topological polar surface area (TPSA) is 195 Å². The largest absolute Gasteiger partial charge is 0.444 e. The van der Waals surface area contributed by atoms with Gasteiger partial charge in [0.25, 0.3) is 19.3 Å². The molecule has 13 fully saturated rings. The molecule has 5 aromatic carbocycles. The number of alkyl halides is 9. The highest BCUT2D eigenvalue weighted by atomic mass is 79.9. The molecular weight excluding hydrogens is 1700 g/mol. The summed E-state index contributed by atoms with van der Waals surface area (Å²) in [6.45, 7) is 33.7. The fourth-order valence-electron chi connectivity index (χ4n) is 18.4. The first-order valence-electron chi connectivity index (χ1n) is 43.8. The molecule has 18 rings (SSSR count). The van der Waals surface area contributed by atoms with Gasteiger partial charge in [-0.3, -0.25) is 38.8 Å². The number of benzene rings is 5. The molecule has 13 aliphatic heterocycles. The summed E-state index contributed by atoms with van der Waals surface area (Å²) in [6.07, 6.45) is -2.20. The number of rotatable bonds is 16. The Morgan fingerprint density at radius 3 is 1.05 bits per heavy atom. The number of amides is 6. The SMILES string of the molecule is BrCc1ccccc1.C.C1CCOC1.CC(C)(C)OC(=O)N1CC2(CC(=O)N(Cc3ccccc3)C2)C1.CC(C)(C)OC(=O)N1CC2(CNC(=O)C2)C1.CCC(F)F.FC(F)CN1CC2(CCN(Cc3ccccc3)C2)C1.FC(F)CN1CC2(CCNC2)C1.O=C1CC2(CN(CC(F)F)C2)CN1Cc1ccccc1.O=C1CC2(CNC2)CN1Cc1ccccc1.[B]. The highest BCUT2D eigenvalue weighted by Gasteiger charge is 2.56. The third kappa shape index (κ3) is 32.4. The number of halogens is 9. The monoisotopic (exact) mass is 1830 g/mol. The minimum atomic E-state index is -2.29. The van der Waals surface area contributed by atoms with Crippen LogP contribution in [0.1, 0.15) is 141 Å². The van der Waals surface area contributed by atoms with Crippen LogP contribution in [0.3, 0.4) is 0 Å². The number of hydrogen-bond donors (Lipinski definition) is 3. The first-order chi connectivity index (χ1) is 59.0. The Morgan fingerprint density at radius 1 is 0.413 bits per heavy atom. The third-order valence-corrected chi connectivity index (χ3v) is 24.9. The van der Waals surface area contributed by atoms with Crippen molar-refractivity contribution >= 4 is 60.2 Å². The number of likely N-dealkylation sites (tertiary alicyclic amines) is 9. The summed E-state index contributed by atoms with van der Waals surface area (Å²) in [4.78, 5) is 88.1. The van der Waals surface area contributed by atoms with Crippen molar-refractivity contribution in [2.24, 2.45) is 32.5 Å². The van der Waals surface area contributed by atoms with Crippen molar-refractivity contribution in [3.8, 4) is 0 Å². The maximum absolute atomic E-state index is 12.3. The van der Waals surface area contributed by atoms with Crippen LogP contribution in [0.15, 0.2) is 152 Å². The van der Waals surface area contributed by atoms with Crippen LogP contribution in [0.25, 0.3) is 0 Å².